The van der Waals surface area contributed by atoms with E-state index in [0.29, 0.717) is 5.56 Å². The van der Waals surface area contributed by atoms with E-state index in [0.717, 1.165) is 12.1 Å². The number of hydrogen-bond acceptors (Lipinski definition) is 0. The van der Waals surface area contributed by atoms with Crippen molar-refractivity contribution in [3.05, 3.63) is 59.4 Å². The van der Waals surface area contributed by atoms with Gasteiger partial charge in [0, 0.05) is 17.2 Å². The molecule has 0 aromatic heterocycles. The quantitative estimate of drug-likeness (QED) is 0.657. The largest absolute Gasteiger partial charge is 0.207 e. The van der Waals surface area contributed by atoms with E-state index in [1.165, 1.54) is 24.3 Å². The predicted octanol–water partition coefficient (Wildman–Crippen LogP) is 3.75. The van der Waals surface area contributed by atoms with Crippen LogP contribution < -0.4 is 0 Å². The molecule has 3 heteroatoms. The molecule has 0 saturated heterocycles. The minimum Gasteiger partial charge on any atom is -0.207 e. The molecule has 0 aliphatic rings. The van der Waals surface area contributed by atoms with E-state index in [1.807, 2.05) is 0 Å². The van der Waals surface area contributed by atoms with Gasteiger partial charge in [-0.2, -0.15) is 0 Å². The molecule has 2 aromatic rings. The van der Waals surface area contributed by atoms with E-state index in [-0.39, 0.29) is 11.1 Å². The Balaban J connectivity index is 2.67. The molecule has 0 atom stereocenters. The zero-order valence-electron chi connectivity index (χ0n) is 8.68. The third-order valence-electron chi connectivity index (χ3n) is 2.34. The van der Waals surface area contributed by atoms with Gasteiger partial charge in [0.15, 0.2) is 0 Å². The summed E-state index contributed by atoms with van der Waals surface area (Å²) >= 11 is 0. The Morgan fingerprint density at radius 1 is 0.882 bits per heavy atom. The van der Waals surface area contributed by atoms with Crippen LogP contribution in [0.1, 0.15) is 5.56 Å². The molecule has 17 heavy (non-hydrogen) atoms. The molecule has 0 N–H and O–H groups in total. The lowest BCUT2D eigenvalue weighted by atomic mass is 9.99. The maximum Gasteiger partial charge on any atom is 0.135 e. The molecule has 0 fully saturated rings. The molecular formula is C14H7F3. The summed E-state index contributed by atoms with van der Waals surface area (Å²) in [7, 11) is 0. The highest BCUT2D eigenvalue weighted by molar-refractivity contribution is 5.71. The summed E-state index contributed by atoms with van der Waals surface area (Å²) in [6.07, 6.45) is 5.20. The molecule has 0 aliphatic carbocycles. The molecule has 0 radical (unpaired) electrons. The molecule has 0 nitrogen and oxygen atoms in total. The van der Waals surface area contributed by atoms with Crippen molar-refractivity contribution in [1.29, 1.82) is 0 Å². The van der Waals surface area contributed by atoms with Gasteiger partial charge in [-0.25, -0.2) is 13.2 Å². The molecule has 0 unspecified atom stereocenters. The summed E-state index contributed by atoms with van der Waals surface area (Å²) in [5, 5.41) is 0. The molecule has 2 rings (SSSR count). The molecule has 0 aliphatic heterocycles. The van der Waals surface area contributed by atoms with Gasteiger partial charge < -0.3 is 0 Å². The average molecular weight is 232 g/mol. The van der Waals surface area contributed by atoms with E-state index < -0.39 is 17.5 Å². The topological polar surface area (TPSA) is 0 Å². The maximum absolute atomic E-state index is 13.7. The van der Waals surface area contributed by atoms with Crippen LogP contribution >= 0.6 is 0 Å². The lowest BCUT2D eigenvalue weighted by Gasteiger charge is -2.07. The maximum atomic E-state index is 13.7. The Labute approximate surface area is 96.7 Å². The van der Waals surface area contributed by atoms with Crippen LogP contribution in [0.4, 0.5) is 13.2 Å². The number of rotatable bonds is 1. The van der Waals surface area contributed by atoms with Gasteiger partial charge >= 0.3 is 0 Å². The molecule has 0 amide bonds. The SMILES string of the molecule is C#Cc1cc(F)cc(F)c1-c1ccc(F)cc1. The predicted molar refractivity (Wildman–Crippen MR) is 59.7 cm³/mol. The Bertz CT molecular complexity index is 592. The van der Waals surface area contributed by atoms with Crippen molar-refractivity contribution in [1.82, 2.24) is 0 Å². The fourth-order valence-corrected chi connectivity index (χ4v) is 1.60. The van der Waals surface area contributed by atoms with E-state index in [9.17, 15) is 13.2 Å². The zero-order valence-corrected chi connectivity index (χ0v) is 8.68. The molecule has 84 valence electrons. The highest BCUT2D eigenvalue weighted by Crippen LogP contribution is 2.27. The van der Waals surface area contributed by atoms with Crippen molar-refractivity contribution in [2.45, 2.75) is 0 Å². The second-order valence-electron chi connectivity index (χ2n) is 3.46. The molecule has 0 spiro atoms. The van der Waals surface area contributed by atoms with Crippen LogP contribution in [-0.2, 0) is 0 Å². The Morgan fingerprint density at radius 3 is 2.12 bits per heavy atom. The second kappa shape index (κ2) is 4.34. The summed E-state index contributed by atoms with van der Waals surface area (Å²) in [6.45, 7) is 0. The fourth-order valence-electron chi connectivity index (χ4n) is 1.60. The zero-order chi connectivity index (χ0) is 12.4. The van der Waals surface area contributed by atoms with Crippen LogP contribution in [0.15, 0.2) is 36.4 Å². The summed E-state index contributed by atoms with van der Waals surface area (Å²) in [4.78, 5) is 0. The minimum absolute atomic E-state index is 0.105. The van der Waals surface area contributed by atoms with Gasteiger partial charge in [0.1, 0.15) is 17.5 Å². The number of halogens is 3. The fraction of sp³-hybridized carbons (Fsp3) is 0. The summed E-state index contributed by atoms with van der Waals surface area (Å²) in [5.74, 6) is 0.290. The monoisotopic (exact) mass is 232 g/mol. The van der Waals surface area contributed by atoms with Crippen LogP contribution in [-0.4, -0.2) is 0 Å². The van der Waals surface area contributed by atoms with Crippen molar-refractivity contribution >= 4 is 0 Å². The van der Waals surface area contributed by atoms with Gasteiger partial charge in [-0.15, -0.1) is 6.42 Å². The van der Waals surface area contributed by atoms with Gasteiger partial charge in [-0.1, -0.05) is 18.1 Å². The van der Waals surface area contributed by atoms with Crippen LogP contribution in [0.25, 0.3) is 11.1 Å². The van der Waals surface area contributed by atoms with Crippen molar-refractivity contribution in [2.24, 2.45) is 0 Å². The number of benzene rings is 2. The molecule has 2 aromatic carbocycles. The summed E-state index contributed by atoms with van der Waals surface area (Å²) < 4.78 is 39.4. The third kappa shape index (κ3) is 2.16. The minimum atomic E-state index is -0.760. The van der Waals surface area contributed by atoms with Crippen LogP contribution in [0.2, 0.25) is 0 Å². The molecule has 0 saturated carbocycles. The third-order valence-corrected chi connectivity index (χ3v) is 2.34. The van der Waals surface area contributed by atoms with E-state index in [2.05, 4.69) is 5.92 Å². The first-order chi connectivity index (χ1) is 8.11. The average Bonchev–Trinajstić information content (AvgIpc) is 2.30. The van der Waals surface area contributed by atoms with Crippen LogP contribution in [0, 0.1) is 29.8 Å². The van der Waals surface area contributed by atoms with Gasteiger partial charge in [-0.05, 0) is 23.8 Å². The number of terminal acetylenes is 1. The highest BCUT2D eigenvalue weighted by atomic mass is 19.1. The Morgan fingerprint density at radius 2 is 1.53 bits per heavy atom. The van der Waals surface area contributed by atoms with E-state index in [1.54, 1.807) is 0 Å². The molecule has 0 bridgehead atoms. The molecule has 0 heterocycles. The van der Waals surface area contributed by atoms with Gasteiger partial charge in [0.2, 0.25) is 0 Å². The normalized spacial score (nSPS) is 10.0. The van der Waals surface area contributed by atoms with Crippen LogP contribution in [0.3, 0.4) is 0 Å². The Hall–Kier alpha value is -2.21. The van der Waals surface area contributed by atoms with Crippen molar-refractivity contribution < 1.29 is 13.2 Å². The Kier molecular flexibility index (Phi) is 2.88. The van der Waals surface area contributed by atoms with Crippen LogP contribution in [0.5, 0.6) is 0 Å². The second-order valence-corrected chi connectivity index (χ2v) is 3.46. The van der Waals surface area contributed by atoms with Crippen molar-refractivity contribution in [3.63, 3.8) is 0 Å². The van der Waals surface area contributed by atoms with Gasteiger partial charge in [0.05, 0.1) is 0 Å². The highest BCUT2D eigenvalue weighted by Gasteiger charge is 2.12. The van der Waals surface area contributed by atoms with E-state index >= 15 is 0 Å². The van der Waals surface area contributed by atoms with Crippen molar-refractivity contribution in [2.75, 3.05) is 0 Å². The lowest BCUT2D eigenvalue weighted by molar-refractivity contribution is 0.585. The summed E-state index contributed by atoms with van der Waals surface area (Å²) in [5.41, 5.74) is 0.625. The smallest absolute Gasteiger partial charge is 0.135 e. The first-order valence-electron chi connectivity index (χ1n) is 4.83. The first-order valence-corrected chi connectivity index (χ1v) is 4.83. The standard InChI is InChI=1S/C14H7F3/c1-2-9-7-12(16)8-13(17)14(9)10-3-5-11(15)6-4-10/h1,3-8H. The van der Waals surface area contributed by atoms with Gasteiger partial charge in [-0.3, -0.25) is 0 Å². The molecular weight excluding hydrogens is 225 g/mol. The van der Waals surface area contributed by atoms with E-state index in [4.69, 9.17) is 6.42 Å². The lowest BCUT2D eigenvalue weighted by Crippen LogP contribution is -1.92. The summed E-state index contributed by atoms with van der Waals surface area (Å²) in [6, 6.07) is 7.00. The van der Waals surface area contributed by atoms with Gasteiger partial charge in [0.25, 0.3) is 0 Å². The van der Waals surface area contributed by atoms with Crippen molar-refractivity contribution in [3.8, 4) is 23.5 Å². The first kappa shape index (κ1) is 11.3. The number of hydrogen-bond donors (Lipinski definition) is 0.